The minimum Gasteiger partial charge on any atom is -0.383 e. The topological polar surface area (TPSA) is 105 Å². The molecule has 0 radical (unpaired) electrons. The first kappa shape index (κ1) is 17.4. The average Bonchev–Trinajstić information content (AvgIpc) is 2.56. The molecule has 2 rings (SSSR count). The summed E-state index contributed by atoms with van der Waals surface area (Å²) in [6, 6.07) is 8.69. The molecular formula is C16H19N5O3. The number of methoxy groups -OCH3 is 1. The van der Waals surface area contributed by atoms with Gasteiger partial charge in [-0.1, -0.05) is 0 Å². The lowest BCUT2D eigenvalue weighted by molar-refractivity contribution is -0.114. The third-order valence-corrected chi connectivity index (χ3v) is 2.97. The molecule has 1 aromatic heterocycles. The Hall–Kier alpha value is -3.00. The Morgan fingerprint density at radius 3 is 2.50 bits per heavy atom. The largest absolute Gasteiger partial charge is 0.383 e. The third kappa shape index (κ3) is 5.33. The zero-order valence-electron chi connectivity index (χ0n) is 13.5. The van der Waals surface area contributed by atoms with Crippen LogP contribution in [0.4, 0.5) is 17.2 Å². The Labute approximate surface area is 139 Å². The van der Waals surface area contributed by atoms with E-state index in [1.807, 2.05) is 0 Å². The van der Waals surface area contributed by atoms with Crippen molar-refractivity contribution in [1.82, 2.24) is 15.3 Å². The van der Waals surface area contributed by atoms with Gasteiger partial charge in [0.1, 0.15) is 17.8 Å². The van der Waals surface area contributed by atoms with Crippen LogP contribution in [0.2, 0.25) is 0 Å². The van der Waals surface area contributed by atoms with Gasteiger partial charge in [-0.15, -0.1) is 0 Å². The molecule has 8 nitrogen and oxygen atoms in total. The molecule has 1 heterocycles. The third-order valence-electron chi connectivity index (χ3n) is 2.97. The molecule has 24 heavy (non-hydrogen) atoms. The van der Waals surface area contributed by atoms with Crippen molar-refractivity contribution >= 4 is 29.0 Å². The van der Waals surface area contributed by atoms with Gasteiger partial charge in [-0.05, 0) is 24.3 Å². The van der Waals surface area contributed by atoms with Crippen molar-refractivity contribution in [3.05, 3.63) is 42.4 Å². The van der Waals surface area contributed by atoms with Crippen LogP contribution in [0, 0.1) is 0 Å². The first-order valence-corrected chi connectivity index (χ1v) is 7.32. The fourth-order valence-corrected chi connectivity index (χ4v) is 1.90. The number of rotatable bonds is 7. The van der Waals surface area contributed by atoms with E-state index in [1.165, 1.54) is 13.3 Å². The van der Waals surface area contributed by atoms with Gasteiger partial charge in [0, 0.05) is 38.0 Å². The summed E-state index contributed by atoms with van der Waals surface area (Å²) in [6.07, 6.45) is 1.32. The van der Waals surface area contributed by atoms with Gasteiger partial charge >= 0.3 is 0 Å². The number of benzene rings is 1. The highest BCUT2D eigenvalue weighted by molar-refractivity contribution is 5.93. The maximum Gasteiger partial charge on any atom is 0.270 e. The number of nitrogens with zero attached hydrogens (tertiary/aromatic N) is 2. The van der Waals surface area contributed by atoms with Crippen molar-refractivity contribution in [2.45, 2.75) is 6.92 Å². The van der Waals surface area contributed by atoms with Crippen molar-refractivity contribution in [3.8, 4) is 0 Å². The Morgan fingerprint density at radius 2 is 1.83 bits per heavy atom. The molecule has 3 N–H and O–H groups in total. The number of carbonyl (C=O) groups excluding carboxylic acids is 2. The summed E-state index contributed by atoms with van der Waals surface area (Å²) in [4.78, 5) is 31.0. The molecule has 2 aromatic rings. The van der Waals surface area contributed by atoms with Crippen LogP contribution in [0.3, 0.4) is 0 Å². The molecule has 0 aliphatic heterocycles. The minimum atomic E-state index is -0.293. The minimum absolute atomic E-state index is 0.129. The van der Waals surface area contributed by atoms with Crippen LogP contribution >= 0.6 is 0 Å². The van der Waals surface area contributed by atoms with Gasteiger partial charge in [-0.3, -0.25) is 9.59 Å². The van der Waals surface area contributed by atoms with Gasteiger partial charge in [0.2, 0.25) is 5.91 Å². The van der Waals surface area contributed by atoms with Crippen LogP contribution in [0.15, 0.2) is 36.7 Å². The van der Waals surface area contributed by atoms with Gasteiger partial charge in [0.05, 0.1) is 6.61 Å². The van der Waals surface area contributed by atoms with E-state index in [-0.39, 0.29) is 17.5 Å². The molecule has 2 amide bonds. The molecule has 0 unspecified atom stereocenters. The van der Waals surface area contributed by atoms with E-state index >= 15 is 0 Å². The lowest BCUT2D eigenvalue weighted by Crippen LogP contribution is -2.27. The Bertz CT molecular complexity index is 703. The summed E-state index contributed by atoms with van der Waals surface area (Å²) in [6.45, 7) is 2.29. The summed E-state index contributed by atoms with van der Waals surface area (Å²) < 4.78 is 4.88. The van der Waals surface area contributed by atoms with E-state index in [0.29, 0.717) is 24.7 Å². The van der Waals surface area contributed by atoms with Crippen LogP contribution in [0.25, 0.3) is 0 Å². The second kappa shape index (κ2) is 8.59. The molecular weight excluding hydrogens is 310 g/mol. The number of anilines is 3. The summed E-state index contributed by atoms with van der Waals surface area (Å²) in [5.74, 6) is 0.0725. The zero-order chi connectivity index (χ0) is 17.4. The number of carbonyl (C=O) groups is 2. The lowest BCUT2D eigenvalue weighted by atomic mass is 10.2. The standard InChI is InChI=1S/C16H19N5O3/c1-11(22)20-12-3-5-13(6-4-12)21-15-9-14(18-10-19-15)16(23)17-7-8-24-2/h3-6,9-10H,7-8H2,1-2H3,(H,17,23)(H,20,22)(H,18,19,21). The van der Waals surface area contributed by atoms with E-state index in [0.717, 1.165) is 5.69 Å². The van der Waals surface area contributed by atoms with Crippen LogP contribution in [0.5, 0.6) is 0 Å². The molecule has 0 saturated heterocycles. The maximum absolute atomic E-state index is 11.9. The lowest BCUT2D eigenvalue weighted by Gasteiger charge is -2.08. The van der Waals surface area contributed by atoms with Crippen molar-refractivity contribution in [2.75, 3.05) is 30.9 Å². The fourth-order valence-electron chi connectivity index (χ4n) is 1.90. The van der Waals surface area contributed by atoms with Crippen molar-refractivity contribution in [2.24, 2.45) is 0 Å². The number of nitrogens with one attached hydrogen (secondary N) is 3. The number of amides is 2. The predicted molar refractivity (Wildman–Crippen MR) is 90.3 cm³/mol. The number of ether oxygens (including phenoxy) is 1. The van der Waals surface area contributed by atoms with Gasteiger partial charge in [-0.25, -0.2) is 9.97 Å². The number of hydrogen-bond donors (Lipinski definition) is 3. The Balaban J connectivity index is 2.01. The molecule has 0 aliphatic carbocycles. The van der Waals surface area contributed by atoms with Crippen molar-refractivity contribution in [3.63, 3.8) is 0 Å². The predicted octanol–water partition coefficient (Wildman–Crippen LogP) is 1.55. The van der Waals surface area contributed by atoms with Gasteiger partial charge in [0.15, 0.2) is 0 Å². The Kier molecular flexibility index (Phi) is 6.21. The van der Waals surface area contributed by atoms with Crippen LogP contribution in [0.1, 0.15) is 17.4 Å². The van der Waals surface area contributed by atoms with Gasteiger partial charge < -0.3 is 20.7 Å². The van der Waals surface area contributed by atoms with Crippen LogP contribution in [-0.2, 0) is 9.53 Å². The average molecular weight is 329 g/mol. The SMILES string of the molecule is COCCNC(=O)c1cc(Nc2ccc(NC(C)=O)cc2)ncn1. The van der Waals surface area contributed by atoms with Crippen molar-refractivity contribution in [1.29, 1.82) is 0 Å². The molecule has 0 fully saturated rings. The summed E-state index contributed by atoms with van der Waals surface area (Å²) in [5, 5.41) is 8.46. The highest BCUT2D eigenvalue weighted by Crippen LogP contribution is 2.17. The van der Waals surface area contributed by atoms with E-state index in [4.69, 9.17) is 4.74 Å². The van der Waals surface area contributed by atoms with Crippen molar-refractivity contribution < 1.29 is 14.3 Å². The molecule has 1 aromatic carbocycles. The first-order chi connectivity index (χ1) is 11.6. The highest BCUT2D eigenvalue weighted by Gasteiger charge is 2.08. The summed E-state index contributed by atoms with van der Waals surface area (Å²) >= 11 is 0. The van der Waals surface area contributed by atoms with E-state index in [2.05, 4.69) is 25.9 Å². The molecule has 8 heteroatoms. The quantitative estimate of drug-likeness (QED) is 0.666. The molecule has 0 spiro atoms. The number of aromatic nitrogens is 2. The second-order valence-electron chi connectivity index (χ2n) is 4.92. The summed E-state index contributed by atoms with van der Waals surface area (Å²) in [5.41, 5.74) is 1.74. The smallest absolute Gasteiger partial charge is 0.270 e. The second-order valence-corrected chi connectivity index (χ2v) is 4.92. The van der Waals surface area contributed by atoms with Crippen LogP contribution < -0.4 is 16.0 Å². The van der Waals surface area contributed by atoms with E-state index in [9.17, 15) is 9.59 Å². The van der Waals surface area contributed by atoms with E-state index in [1.54, 1.807) is 37.4 Å². The highest BCUT2D eigenvalue weighted by atomic mass is 16.5. The molecule has 126 valence electrons. The maximum atomic E-state index is 11.9. The normalized spacial score (nSPS) is 10.1. The molecule has 0 bridgehead atoms. The van der Waals surface area contributed by atoms with Crippen LogP contribution in [-0.4, -0.2) is 42.0 Å². The number of hydrogen-bond acceptors (Lipinski definition) is 6. The summed E-state index contributed by atoms with van der Waals surface area (Å²) in [7, 11) is 1.57. The molecule has 0 saturated carbocycles. The first-order valence-electron chi connectivity index (χ1n) is 7.32. The monoisotopic (exact) mass is 329 g/mol. The fraction of sp³-hybridized carbons (Fsp3) is 0.250. The zero-order valence-corrected chi connectivity index (χ0v) is 13.5. The molecule has 0 atom stereocenters. The van der Waals surface area contributed by atoms with E-state index < -0.39 is 0 Å². The van der Waals surface area contributed by atoms with Gasteiger partial charge in [-0.2, -0.15) is 0 Å². The van der Waals surface area contributed by atoms with Gasteiger partial charge in [0.25, 0.3) is 5.91 Å². The Morgan fingerprint density at radius 1 is 1.12 bits per heavy atom. The molecule has 0 aliphatic rings.